The molecule has 2 aromatic heterocycles. The summed E-state index contributed by atoms with van der Waals surface area (Å²) in [7, 11) is 1.48. The number of nitrogens with zero attached hydrogens (tertiary/aromatic N) is 3. The van der Waals surface area contributed by atoms with Gasteiger partial charge in [-0.25, -0.2) is 14.4 Å². The van der Waals surface area contributed by atoms with Gasteiger partial charge in [-0.05, 0) is 37.1 Å². The summed E-state index contributed by atoms with van der Waals surface area (Å²) in [5, 5.41) is 6.35. The molecule has 1 aliphatic carbocycles. The van der Waals surface area contributed by atoms with E-state index in [0.29, 0.717) is 28.0 Å². The van der Waals surface area contributed by atoms with Crippen LogP contribution in [0.5, 0.6) is 5.75 Å². The van der Waals surface area contributed by atoms with E-state index in [2.05, 4.69) is 25.6 Å². The molecule has 2 N–H and O–H groups in total. The van der Waals surface area contributed by atoms with Crippen molar-refractivity contribution >= 4 is 34.7 Å². The van der Waals surface area contributed by atoms with Gasteiger partial charge in [0.2, 0.25) is 5.91 Å². The molecule has 2 heterocycles. The largest absolute Gasteiger partial charge is 0.491 e. The van der Waals surface area contributed by atoms with Crippen molar-refractivity contribution < 1.29 is 13.9 Å². The SMILES string of the molecule is COc1cnc(-c2cc(Cl)ccc2F)nc1Nc1ccncc1NC(=O)C1CC1. The zero-order chi connectivity index (χ0) is 20.4. The molecule has 7 nitrogen and oxygen atoms in total. The average Bonchev–Trinajstić information content (AvgIpc) is 3.57. The van der Waals surface area contributed by atoms with Crippen LogP contribution in [0.2, 0.25) is 5.02 Å². The van der Waals surface area contributed by atoms with E-state index in [0.717, 1.165) is 12.8 Å². The maximum absolute atomic E-state index is 14.2. The molecule has 0 atom stereocenters. The molecule has 1 amide bonds. The number of carbonyl (C=O) groups is 1. The minimum absolute atomic E-state index is 0.0441. The van der Waals surface area contributed by atoms with Crippen LogP contribution in [0.1, 0.15) is 12.8 Å². The molecule has 148 valence electrons. The quantitative estimate of drug-likeness (QED) is 0.621. The first kappa shape index (κ1) is 19.1. The van der Waals surface area contributed by atoms with Gasteiger partial charge in [-0.1, -0.05) is 11.6 Å². The fourth-order valence-electron chi connectivity index (χ4n) is 2.72. The van der Waals surface area contributed by atoms with Gasteiger partial charge in [0.15, 0.2) is 17.4 Å². The molecule has 3 aromatic rings. The normalized spacial score (nSPS) is 13.1. The number of pyridine rings is 1. The van der Waals surface area contributed by atoms with Gasteiger partial charge < -0.3 is 15.4 Å². The lowest BCUT2D eigenvalue weighted by Gasteiger charge is -2.15. The number of anilines is 3. The van der Waals surface area contributed by atoms with E-state index in [-0.39, 0.29) is 23.2 Å². The minimum atomic E-state index is -0.494. The van der Waals surface area contributed by atoms with Crippen molar-refractivity contribution in [3.8, 4) is 17.1 Å². The van der Waals surface area contributed by atoms with Gasteiger partial charge in [-0.2, -0.15) is 0 Å². The van der Waals surface area contributed by atoms with Crippen LogP contribution in [0.3, 0.4) is 0 Å². The molecule has 29 heavy (non-hydrogen) atoms. The van der Waals surface area contributed by atoms with Gasteiger partial charge in [-0.3, -0.25) is 9.78 Å². The first-order chi connectivity index (χ1) is 14.0. The third-order valence-electron chi connectivity index (χ3n) is 4.42. The predicted octanol–water partition coefficient (Wildman–Crippen LogP) is 4.43. The molecular weight excluding hydrogens is 397 g/mol. The molecule has 0 bridgehead atoms. The summed E-state index contributed by atoms with van der Waals surface area (Å²) in [5.41, 5.74) is 1.25. The summed E-state index contributed by atoms with van der Waals surface area (Å²) in [4.78, 5) is 24.8. The van der Waals surface area contributed by atoms with Crippen LogP contribution in [0.25, 0.3) is 11.4 Å². The second kappa shape index (κ2) is 8.00. The number of amides is 1. The summed E-state index contributed by atoms with van der Waals surface area (Å²) < 4.78 is 19.6. The Morgan fingerprint density at radius 1 is 1.24 bits per heavy atom. The molecule has 1 fully saturated rings. The third kappa shape index (κ3) is 4.27. The topological polar surface area (TPSA) is 89.0 Å². The van der Waals surface area contributed by atoms with E-state index in [9.17, 15) is 9.18 Å². The van der Waals surface area contributed by atoms with Crippen molar-refractivity contribution in [3.05, 3.63) is 53.7 Å². The standard InChI is InChI=1S/C20H17ClFN5O2/c1-29-17-10-24-18(13-8-12(21)4-5-14(13)22)27-19(17)25-15-6-7-23-9-16(15)26-20(28)11-2-3-11/h4-11H,2-3H2,1H3,(H,26,28)(H,23,24,25,27). The maximum Gasteiger partial charge on any atom is 0.227 e. The van der Waals surface area contributed by atoms with Crippen molar-refractivity contribution in [2.24, 2.45) is 5.92 Å². The molecule has 4 rings (SSSR count). The van der Waals surface area contributed by atoms with Gasteiger partial charge in [-0.15, -0.1) is 0 Å². The lowest BCUT2D eigenvalue weighted by atomic mass is 10.2. The minimum Gasteiger partial charge on any atom is -0.491 e. The Hall–Kier alpha value is -3.26. The number of aromatic nitrogens is 3. The second-order valence-electron chi connectivity index (χ2n) is 6.54. The molecule has 1 aliphatic rings. The molecule has 9 heteroatoms. The Balaban J connectivity index is 1.68. The Morgan fingerprint density at radius 2 is 2.07 bits per heavy atom. The first-order valence-corrected chi connectivity index (χ1v) is 9.31. The molecule has 0 radical (unpaired) electrons. The van der Waals surface area contributed by atoms with Crippen molar-refractivity contribution in [1.82, 2.24) is 15.0 Å². The highest BCUT2D eigenvalue weighted by atomic mass is 35.5. The average molecular weight is 414 g/mol. The summed E-state index contributed by atoms with van der Waals surface area (Å²) in [5.74, 6) is 0.321. The predicted molar refractivity (Wildman–Crippen MR) is 108 cm³/mol. The molecule has 0 aliphatic heterocycles. The van der Waals surface area contributed by atoms with E-state index < -0.39 is 5.82 Å². The number of rotatable bonds is 6. The number of carbonyl (C=O) groups excluding carboxylic acids is 1. The zero-order valence-electron chi connectivity index (χ0n) is 15.4. The molecule has 0 saturated heterocycles. The second-order valence-corrected chi connectivity index (χ2v) is 6.98. The smallest absolute Gasteiger partial charge is 0.227 e. The van der Waals surface area contributed by atoms with Gasteiger partial charge in [0.1, 0.15) is 5.82 Å². The van der Waals surface area contributed by atoms with Crippen molar-refractivity contribution in [2.75, 3.05) is 17.7 Å². The number of methoxy groups -OCH3 is 1. The van der Waals surface area contributed by atoms with E-state index in [1.54, 1.807) is 18.5 Å². The van der Waals surface area contributed by atoms with Gasteiger partial charge in [0, 0.05) is 17.1 Å². The third-order valence-corrected chi connectivity index (χ3v) is 4.66. The summed E-state index contributed by atoms with van der Waals surface area (Å²) >= 11 is 5.98. The van der Waals surface area contributed by atoms with Gasteiger partial charge in [0.05, 0.1) is 36.4 Å². The molecule has 0 spiro atoms. The molecule has 1 aromatic carbocycles. The molecule has 0 unspecified atom stereocenters. The summed E-state index contributed by atoms with van der Waals surface area (Å²) in [6.45, 7) is 0. The van der Waals surface area contributed by atoms with E-state index in [1.165, 1.54) is 31.5 Å². The Labute approximate surface area is 171 Å². The number of ether oxygens (including phenoxy) is 1. The number of nitrogens with one attached hydrogen (secondary N) is 2. The van der Waals surface area contributed by atoms with Crippen LogP contribution in [-0.4, -0.2) is 28.0 Å². The number of halogens is 2. The van der Waals surface area contributed by atoms with Crippen LogP contribution >= 0.6 is 11.6 Å². The molecule has 1 saturated carbocycles. The summed E-state index contributed by atoms with van der Waals surface area (Å²) in [6.07, 6.45) is 6.36. The van der Waals surface area contributed by atoms with E-state index in [1.807, 2.05) is 0 Å². The van der Waals surface area contributed by atoms with Gasteiger partial charge in [0.25, 0.3) is 0 Å². The summed E-state index contributed by atoms with van der Waals surface area (Å²) in [6, 6.07) is 5.86. The Morgan fingerprint density at radius 3 is 2.83 bits per heavy atom. The van der Waals surface area contributed by atoms with Crippen LogP contribution in [0.4, 0.5) is 21.6 Å². The van der Waals surface area contributed by atoms with Crippen LogP contribution in [0, 0.1) is 11.7 Å². The monoisotopic (exact) mass is 413 g/mol. The van der Waals surface area contributed by atoms with E-state index in [4.69, 9.17) is 16.3 Å². The first-order valence-electron chi connectivity index (χ1n) is 8.93. The highest BCUT2D eigenvalue weighted by Gasteiger charge is 2.30. The highest BCUT2D eigenvalue weighted by molar-refractivity contribution is 6.30. The maximum atomic E-state index is 14.2. The van der Waals surface area contributed by atoms with Gasteiger partial charge >= 0.3 is 0 Å². The fraction of sp³-hybridized carbons (Fsp3) is 0.200. The van der Waals surface area contributed by atoms with Crippen molar-refractivity contribution in [1.29, 1.82) is 0 Å². The lowest BCUT2D eigenvalue weighted by molar-refractivity contribution is -0.117. The van der Waals surface area contributed by atoms with Crippen LogP contribution < -0.4 is 15.4 Å². The van der Waals surface area contributed by atoms with Crippen LogP contribution in [0.15, 0.2) is 42.9 Å². The number of hydrogen-bond donors (Lipinski definition) is 2. The highest BCUT2D eigenvalue weighted by Crippen LogP contribution is 2.34. The number of benzene rings is 1. The Bertz CT molecular complexity index is 1070. The Kier molecular flexibility index (Phi) is 5.26. The lowest BCUT2D eigenvalue weighted by Crippen LogP contribution is -2.15. The van der Waals surface area contributed by atoms with Crippen molar-refractivity contribution in [2.45, 2.75) is 12.8 Å². The zero-order valence-corrected chi connectivity index (χ0v) is 16.2. The fourth-order valence-corrected chi connectivity index (χ4v) is 2.89. The molecular formula is C20H17ClFN5O2. The number of hydrogen-bond acceptors (Lipinski definition) is 6. The van der Waals surface area contributed by atoms with Crippen LogP contribution in [-0.2, 0) is 4.79 Å². The van der Waals surface area contributed by atoms with E-state index >= 15 is 0 Å². The van der Waals surface area contributed by atoms with Crippen molar-refractivity contribution in [3.63, 3.8) is 0 Å².